The summed E-state index contributed by atoms with van der Waals surface area (Å²) >= 11 is 6.12. The van der Waals surface area contributed by atoms with Gasteiger partial charge in [-0.25, -0.2) is 0 Å². The van der Waals surface area contributed by atoms with Gasteiger partial charge in [0.25, 0.3) is 5.91 Å². The van der Waals surface area contributed by atoms with Crippen LogP contribution in [0.15, 0.2) is 18.2 Å². The fourth-order valence-electron chi connectivity index (χ4n) is 2.99. The second-order valence-corrected chi connectivity index (χ2v) is 6.62. The minimum Gasteiger partial charge on any atom is -0.495 e. The molecule has 1 amide bonds. The third kappa shape index (κ3) is 3.82. The highest BCUT2D eigenvalue weighted by Crippen LogP contribution is 2.35. The molecule has 1 aromatic carbocycles. The van der Waals surface area contributed by atoms with E-state index >= 15 is 0 Å². The first-order valence-electron chi connectivity index (χ1n) is 8.49. The van der Waals surface area contributed by atoms with Crippen LogP contribution >= 0.6 is 11.6 Å². The maximum atomic E-state index is 12.3. The van der Waals surface area contributed by atoms with Crippen molar-refractivity contribution in [1.82, 2.24) is 14.8 Å². The third-order valence-corrected chi connectivity index (χ3v) is 4.54. The Kier molecular flexibility index (Phi) is 5.60. The van der Waals surface area contributed by atoms with Crippen LogP contribution in [0.1, 0.15) is 11.3 Å². The molecule has 0 saturated heterocycles. The number of aromatic nitrogens is 3. The number of carbonyl (C=O) groups is 1. The number of fused-ring (bicyclic) bond motifs is 1. The zero-order valence-electron chi connectivity index (χ0n) is 16.3. The molecule has 0 fully saturated rings. The highest BCUT2D eigenvalue weighted by atomic mass is 35.5. The molecule has 0 radical (unpaired) electrons. The van der Waals surface area contributed by atoms with E-state index < -0.39 is 0 Å². The molecule has 0 atom stereocenters. The van der Waals surface area contributed by atoms with E-state index in [-0.39, 0.29) is 12.5 Å². The van der Waals surface area contributed by atoms with Crippen molar-refractivity contribution in [2.45, 2.75) is 13.8 Å². The molecular formula is C19H21ClN4O4. The molecule has 2 aromatic heterocycles. The molecule has 28 heavy (non-hydrogen) atoms. The Morgan fingerprint density at radius 1 is 1.18 bits per heavy atom. The Morgan fingerprint density at radius 2 is 1.89 bits per heavy atom. The van der Waals surface area contributed by atoms with Crippen LogP contribution in [-0.2, 0) is 11.8 Å². The Hall–Kier alpha value is -3.00. The molecule has 8 nitrogen and oxygen atoms in total. The minimum absolute atomic E-state index is 0.221. The summed E-state index contributed by atoms with van der Waals surface area (Å²) < 4.78 is 17.7. The zero-order chi connectivity index (χ0) is 20.4. The maximum absolute atomic E-state index is 12.3. The Bertz CT molecular complexity index is 1050. The molecule has 2 heterocycles. The van der Waals surface area contributed by atoms with Gasteiger partial charge < -0.3 is 19.5 Å². The summed E-state index contributed by atoms with van der Waals surface area (Å²) in [5.74, 6) is 0.853. The fourth-order valence-corrected chi connectivity index (χ4v) is 3.23. The number of amides is 1. The van der Waals surface area contributed by atoms with Gasteiger partial charge in [-0.3, -0.25) is 9.48 Å². The van der Waals surface area contributed by atoms with Crippen molar-refractivity contribution in [3.05, 3.63) is 34.5 Å². The first-order valence-corrected chi connectivity index (χ1v) is 8.87. The normalized spacial score (nSPS) is 10.8. The van der Waals surface area contributed by atoms with Gasteiger partial charge in [-0.15, -0.1) is 0 Å². The molecule has 0 aliphatic heterocycles. The van der Waals surface area contributed by atoms with E-state index in [1.807, 2.05) is 20.9 Å². The summed E-state index contributed by atoms with van der Waals surface area (Å²) in [4.78, 5) is 16.8. The van der Waals surface area contributed by atoms with Gasteiger partial charge in [0.05, 0.1) is 30.6 Å². The fraction of sp³-hybridized carbons (Fsp3) is 0.316. The lowest BCUT2D eigenvalue weighted by molar-refractivity contribution is -0.118. The van der Waals surface area contributed by atoms with Gasteiger partial charge in [0.2, 0.25) is 5.88 Å². The zero-order valence-corrected chi connectivity index (χ0v) is 17.0. The van der Waals surface area contributed by atoms with E-state index in [4.69, 9.17) is 25.8 Å². The molecule has 0 unspecified atom stereocenters. The molecule has 0 aliphatic carbocycles. The van der Waals surface area contributed by atoms with Crippen molar-refractivity contribution < 1.29 is 19.0 Å². The van der Waals surface area contributed by atoms with Crippen LogP contribution in [0.2, 0.25) is 5.02 Å². The van der Waals surface area contributed by atoms with Crippen LogP contribution in [0, 0.1) is 13.8 Å². The summed E-state index contributed by atoms with van der Waals surface area (Å²) in [5.41, 5.74) is 3.00. The van der Waals surface area contributed by atoms with Crippen LogP contribution in [-0.4, -0.2) is 41.5 Å². The highest BCUT2D eigenvalue weighted by Gasteiger charge is 2.15. The number of ether oxygens (including phenoxy) is 3. The molecule has 3 aromatic rings. The van der Waals surface area contributed by atoms with Crippen LogP contribution in [0.25, 0.3) is 11.0 Å². The predicted octanol–water partition coefficient (Wildman–Crippen LogP) is 3.27. The smallest absolute Gasteiger partial charge is 0.262 e. The Morgan fingerprint density at radius 3 is 2.57 bits per heavy atom. The number of halogens is 1. The van der Waals surface area contributed by atoms with Gasteiger partial charge in [-0.05, 0) is 25.5 Å². The molecule has 9 heteroatoms. The number of hydrogen-bond donors (Lipinski definition) is 1. The van der Waals surface area contributed by atoms with Gasteiger partial charge in [-0.2, -0.15) is 10.1 Å². The van der Waals surface area contributed by atoms with Crippen molar-refractivity contribution in [3.63, 3.8) is 0 Å². The average Bonchev–Trinajstić information content (AvgIpc) is 2.94. The quantitative estimate of drug-likeness (QED) is 0.678. The van der Waals surface area contributed by atoms with E-state index in [0.29, 0.717) is 33.7 Å². The van der Waals surface area contributed by atoms with Crippen LogP contribution < -0.4 is 19.5 Å². The van der Waals surface area contributed by atoms with Crippen molar-refractivity contribution in [2.75, 3.05) is 26.1 Å². The summed E-state index contributed by atoms with van der Waals surface area (Å²) in [6.45, 7) is 3.66. The Labute approximate surface area is 167 Å². The van der Waals surface area contributed by atoms with Gasteiger partial charge in [0.1, 0.15) is 11.5 Å². The number of anilines is 1. The monoisotopic (exact) mass is 404 g/mol. The third-order valence-electron chi connectivity index (χ3n) is 4.24. The summed E-state index contributed by atoms with van der Waals surface area (Å²) in [7, 11) is 4.81. The summed E-state index contributed by atoms with van der Waals surface area (Å²) in [6.07, 6.45) is 0. The largest absolute Gasteiger partial charge is 0.495 e. The number of carbonyl (C=O) groups excluding carboxylic acids is 1. The molecular weight excluding hydrogens is 384 g/mol. The number of aryl methyl sites for hydroxylation is 3. The molecule has 148 valence electrons. The first-order chi connectivity index (χ1) is 13.3. The average molecular weight is 405 g/mol. The lowest BCUT2D eigenvalue weighted by atomic mass is 10.2. The molecule has 0 bridgehead atoms. The molecule has 1 N–H and O–H groups in total. The van der Waals surface area contributed by atoms with Crippen molar-refractivity contribution >= 4 is 34.2 Å². The van der Waals surface area contributed by atoms with E-state index in [1.165, 1.54) is 14.2 Å². The lowest BCUT2D eigenvalue weighted by Gasteiger charge is -2.13. The molecule has 0 aliphatic rings. The Balaban J connectivity index is 1.74. The predicted molar refractivity (Wildman–Crippen MR) is 107 cm³/mol. The van der Waals surface area contributed by atoms with Crippen molar-refractivity contribution in [1.29, 1.82) is 0 Å². The summed E-state index contributed by atoms with van der Waals surface area (Å²) in [6, 6.07) is 4.95. The van der Waals surface area contributed by atoms with Gasteiger partial charge in [-0.1, -0.05) is 11.6 Å². The number of pyridine rings is 1. The lowest BCUT2D eigenvalue weighted by Crippen LogP contribution is -2.21. The summed E-state index contributed by atoms with van der Waals surface area (Å²) in [5, 5.41) is 8.42. The number of nitrogens with zero attached hydrogens (tertiary/aromatic N) is 3. The number of methoxy groups -OCH3 is 2. The van der Waals surface area contributed by atoms with Crippen LogP contribution in [0.5, 0.6) is 17.4 Å². The van der Waals surface area contributed by atoms with Crippen molar-refractivity contribution in [2.24, 2.45) is 7.05 Å². The maximum Gasteiger partial charge on any atom is 0.262 e. The van der Waals surface area contributed by atoms with E-state index in [1.54, 1.807) is 22.9 Å². The highest BCUT2D eigenvalue weighted by molar-refractivity contribution is 6.32. The topological polar surface area (TPSA) is 87.5 Å². The number of rotatable bonds is 6. The van der Waals surface area contributed by atoms with Crippen LogP contribution in [0.3, 0.4) is 0 Å². The number of benzene rings is 1. The second kappa shape index (κ2) is 7.93. The van der Waals surface area contributed by atoms with E-state index in [9.17, 15) is 4.79 Å². The second-order valence-electron chi connectivity index (χ2n) is 6.21. The van der Waals surface area contributed by atoms with Gasteiger partial charge in [0.15, 0.2) is 12.3 Å². The standard InChI is InChI=1S/C19H21ClN4O4/c1-10-6-17(22-19-18(10)11(2)23-24(19)3)28-9-16(25)21-13-7-12(20)14(26-4)8-15(13)27-5/h6-8H,9H2,1-5H3,(H,21,25). The SMILES string of the molecule is COc1cc(OC)c(NC(=O)COc2cc(C)c3c(C)nn(C)c3n2)cc1Cl. The molecule has 0 spiro atoms. The van der Waals surface area contributed by atoms with Crippen LogP contribution in [0.4, 0.5) is 5.69 Å². The molecule has 3 rings (SSSR count). The first kappa shape index (κ1) is 19.8. The van der Waals surface area contributed by atoms with E-state index in [0.717, 1.165) is 16.6 Å². The van der Waals surface area contributed by atoms with E-state index in [2.05, 4.69) is 15.4 Å². The minimum atomic E-state index is -0.375. The van der Waals surface area contributed by atoms with Gasteiger partial charge >= 0.3 is 0 Å². The van der Waals surface area contributed by atoms with Gasteiger partial charge in [0, 0.05) is 24.6 Å². The molecule has 0 saturated carbocycles. The number of hydrogen-bond acceptors (Lipinski definition) is 6. The van der Waals surface area contributed by atoms with Crippen molar-refractivity contribution in [3.8, 4) is 17.4 Å². The number of nitrogens with one attached hydrogen (secondary N) is 1.